The summed E-state index contributed by atoms with van der Waals surface area (Å²) in [6, 6.07) is 9.39. The summed E-state index contributed by atoms with van der Waals surface area (Å²) in [6.45, 7) is 8.80. The molecule has 8 heteroatoms. The highest BCUT2D eigenvalue weighted by atomic mass is 16.6. The normalized spacial score (nSPS) is 14.4. The van der Waals surface area contributed by atoms with Gasteiger partial charge in [-0.3, -0.25) is 5.43 Å². The van der Waals surface area contributed by atoms with Gasteiger partial charge in [0.15, 0.2) is 0 Å². The second-order valence-electron chi connectivity index (χ2n) is 7.73. The summed E-state index contributed by atoms with van der Waals surface area (Å²) >= 11 is 0. The molecule has 0 bridgehead atoms. The SMILES string of the molecule is Cc1ccc(NN=C(C#N)C#N)c(NC2CCN(C(=O)OC(C)(C)C)CC2)c1. The van der Waals surface area contributed by atoms with E-state index < -0.39 is 5.60 Å². The quantitative estimate of drug-likeness (QED) is 0.607. The van der Waals surface area contributed by atoms with Gasteiger partial charge in [0.1, 0.15) is 17.7 Å². The molecule has 1 aliphatic heterocycles. The fourth-order valence-electron chi connectivity index (χ4n) is 2.82. The van der Waals surface area contributed by atoms with Gasteiger partial charge < -0.3 is 15.0 Å². The highest BCUT2D eigenvalue weighted by Crippen LogP contribution is 2.26. The monoisotopic (exact) mass is 382 g/mol. The number of hydrogen-bond acceptors (Lipinski definition) is 7. The van der Waals surface area contributed by atoms with Crippen LogP contribution in [0.15, 0.2) is 23.3 Å². The Labute approximate surface area is 165 Å². The van der Waals surface area contributed by atoms with Gasteiger partial charge in [-0.2, -0.15) is 15.6 Å². The van der Waals surface area contributed by atoms with Crippen molar-refractivity contribution in [1.82, 2.24) is 4.90 Å². The molecule has 1 heterocycles. The number of rotatable bonds is 4. The number of aryl methyl sites for hydroxylation is 1. The maximum absolute atomic E-state index is 12.2. The molecule has 8 nitrogen and oxygen atoms in total. The molecule has 0 aliphatic carbocycles. The number of nitrogens with one attached hydrogen (secondary N) is 2. The van der Waals surface area contributed by atoms with Crippen molar-refractivity contribution in [2.24, 2.45) is 5.10 Å². The number of benzene rings is 1. The van der Waals surface area contributed by atoms with E-state index in [-0.39, 0.29) is 17.8 Å². The summed E-state index contributed by atoms with van der Waals surface area (Å²) in [5, 5.41) is 24.9. The molecule has 28 heavy (non-hydrogen) atoms. The number of nitriles is 2. The van der Waals surface area contributed by atoms with Crippen molar-refractivity contribution in [3.8, 4) is 12.1 Å². The number of hydrogen-bond donors (Lipinski definition) is 2. The van der Waals surface area contributed by atoms with Gasteiger partial charge in [-0.15, -0.1) is 0 Å². The highest BCUT2D eigenvalue weighted by Gasteiger charge is 2.27. The molecule has 1 amide bonds. The predicted octanol–water partition coefficient (Wildman–Crippen LogP) is 3.62. The Hall–Kier alpha value is -3.26. The molecule has 1 fully saturated rings. The van der Waals surface area contributed by atoms with E-state index in [2.05, 4.69) is 15.8 Å². The first-order chi connectivity index (χ1) is 13.2. The zero-order valence-electron chi connectivity index (χ0n) is 16.7. The standard InChI is InChI=1S/C20H26N6O2/c1-14-5-6-17(25-24-16(12-21)13-22)18(11-14)23-15-7-9-26(10-8-15)19(27)28-20(2,3)4/h5-6,11,15,23,25H,7-10H2,1-4H3. The Balaban J connectivity index is 2.00. The molecule has 1 saturated heterocycles. The average molecular weight is 382 g/mol. The van der Waals surface area contributed by atoms with Gasteiger partial charge in [-0.25, -0.2) is 4.79 Å². The van der Waals surface area contributed by atoms with Gasteiger partial charge in [0.05, 0.1) is 11.4 Å². The van der Waals surface area contributed by atoms with Crippen molar-refractivity contribution in [3.63, 3.8) is 0 Å². The van der Waals surface area contributed by atoms with Gasteiger partial charge in [0.2, 0.25) is 5.71 Å². The number of ether oxygens (including phenoxy) is 1. The molecule has 0 aromatic heterocycles. The summed E-state index contributed by atoms with van der Waals surface area (Å²) < 4.78 is 5.43. The fourth-order valence-corrected chi connectivity index (χ4v) is 2.82. The van der Waals surface area contributed by atoms with Crippen LogP contribution in [0.1, 0.15) is 39.2 Å². The van der Waals surface area contributed by atoms with Gasteiger partial charge in [0.25, 0.3) is 0 Å². The molecule has 1 aromatic rings. The molecule has 148 valence electrons. The van der Waals surface area contributed by atoms with Crippen molar-refractivity contribution in [1.29, 1.82) is 10.5 Å². The van der Waals surface area contributed by atoms with Crippen LogP contribution in [0.2, 0.25) is 0 Å². The number of carbonyl (C=O) groups excluding carboxylic acids is 1. The van der Waals surface area contributed by atoms with Gasteiger partial charge in [-0.1, -0.05) is 6.07 Å². The third-order valence-corrected chi connectivity index (χ3v) is 4.18. The maximum atomic E-state index is 12.2. The predicted molar refractivity (Wildman–Crippen MR) is 108 cm³/mol. The molecule has 2 N–H and O–H groups in total. The lowest BCUT2D eigenvalue weighted by Gasteiger charge is -2.34. The van der Waals surface area contributed by atoms with Crippen molar-refractivity contribution >= 4 is 23.2 Å². The number of likely N-dealkylation sites (tertiary alicyclic amines) is 1. The van der Waals surface area contributed by atoms with E-state index in [4.69, 9.17) is 15.3 Å². The number of amides is 1. The smallest absolute Gasteiger partial charge is 0.410 e. The summed E-state index contributed by atoms with van der Waals surface area (Å²) in [4.78, 5) is 13.9. The Morgan fingerprint density at radius 2 is 1.86 bits per heavy atom. The van der Waals surface area contributed by atoms with Gasteiger partial charge >= 0.3 is 6.09 Å². The largest absolute Gasteiger partial charge is 0.444 e. The second-order valence-corrected chi connectivity index (χ2v) is 7.73. The first kappa shape index (κ1) is 21.0. The summed E-state index contributed by atoms with van der Waals surface area (Å²) in [5.41, 5.74) is 4.64. The van der Waals surface area contributed by atoms with Gasteiger partial charge in [0, 0.05) is 19.1 Å². The lowest BCUT2D eigenvalue weighted by atomic mass is 10.0. The lowest BCUT2D eigenvalue weighted by molar-refractivity contribution is 0.0210. The summed E-state index contributed by atoms with van der Waals surface area (Å²) in [7, 11) is 0. The molecule has 0 unspecified atom stereocenters. The molecule has 0 spiro atoms. The number of nitrogens with zero attached hydrogens (tertiary/aromatic N) is 4. The second kappa shape index (κ2) is 9.09. The van der Waals surface area contributed by atoms with Gasteiger partial charge in [-0.05, 0) is 58.2 Å². The maximum Gasteiger partial charge on any atom is 0.410 e. The van der Waals surface area contributed by atoms with Crippen molar-refractivity contribution in [2.45, 2.75) is 52.2 Å². The molecule has 0 atom stereocenters. The minimum absolute atomic E-state index is 0.191. The van der Waals surface area contributed by atoms with E-state index in [1.54, 1.807) is 17.0 Å². The van der Waals surface area contributed by atoms with E-state index in [9.17, 15) is 4.79 Å². The Kier molecular flexibility index (Phi) is 6.84. The number of piperidine rings is 1. The van der Waals surface area contributed by atoms with Crippen LogP contribution in [0.5, 0.6) is 0 Å². The van der Waals surface area contributed by atoms with E-state index in [1.807, 2.05) is 45.9 Å². The average Bonchev–Trinajstić information content (AvgIpc) is 2.63. The zero-order valence-corrected chi connectivity index (χ0v) is 16.7. The highest BCUT2D eigenvalue weighted by molar-refractivity contribution is 6.10. The third kappa shape index (κ3) is 6.17. The third-order valence-electron chi connectivity index (χ3n) is 4.18. The molecule has 0 radical (unpaired) electrons. The topological polar surface area (TPSA) is 114 Å². The molecular weight excluding hydrogens is 356 g/mol. The van der Waals surface area contributed by atoms with Crippen molar-refractivity contribution < 1.29 is 9.53 Å². The number of anilines is 2. The van der Waals surface area contributed by atoms with E-state index >= 15 is 0 Å². The molecule has 1 aromatic carbocycles. The first-order valence-corrected chi connectivity index (χ1v) is 9.21. The Bertz CT molecular complexity index is 805. The van der Waals surface area contributed by atoms with E-state index in [0.717, 1.165) is 24.1 Å². The summed E-state index contributed by atoms with van der Waals surface area (Å²) in [6.07, 6.45) is 1.30. The van der Waals surface area contributed by atoms with Crippen LogP contribution in [-0.2, 0) is 4.74 Å². The molecule has 2 rings (SSSR count). The minimum Gasteiger partial charge on any atom is -0.444 e. The van der Waals surface area contributed by atoms with Crippen molar-refractivity contribution in [3.05, 3.63) is 23.8 Å². The van der Waals surface area contributed by atoms with Crippen LogP contribution in [0.3, 0.4) is 0 Å². The summed E-state index contributed by atoms with van der Waals surface area (Å²) in [5.74, 6) is 0. The first-order valence-electron chi connectivity index (χ1n) is 9.21. The van der Waals surface area contributed by atoms with Crippen molar-refractivity contribution in [2.75, 3.05) is 23.8 Å². The minimum atomic E-state index is -0.499. The lowest BCUT2D eigenvalue weighted by Crippen LogP contribution is -2.44. The molecule has 1 aliphatic rings. The Morgan fingerprint density at radius 1 is 1.21 bits per heavy atom. The zero-order chi connectivity index (χ0) is 20.7. The number of hydrazone groups is 1. The van der Waals surface area contributed by atoms with Crippen LogP contribution >= 0.6 is 0 Å². The van der Waals surface area contributed by atoms with E-state index in [0.29, 0.717) is 18.8 Å². The van der Waals surface area contributed by atoms with Crippen LogP contribution in [0.4, 0.5) is 16.2 Å². The van der Waals surface area contributed by atoms with Crippen LogP contribution in [-0.4, -0.2) is 41.4 Å². The number of carbonyl (C=O) groups is 1. The Morgan fingerprint density at radius 3 is 2.43 bits per heavy atom. The molecular formula is C20H26N6O2. The fraction of sp³-hybridized carbons (Fsp3) is 0.500. The van der Waals surface area contributed by atoms with E-state index in [1.165, 1.54) is 0 Å². The van der Waals surface area contributed by atoms with Crippen LogP contribution in [0.25, 0.3) is 0 Å². The van der Waals surface area contributed by atoms with Crippen LogP contribution < -0.4 is 10.7 Å². The molecule has 0 saturated carbocycles. The van der Waals surface area contributed by atoms with Crippen LogP contribution in [0, 0.1) is 29.6 Å².